The zero-order valence-electron chi connectivity index (χ0n) is 16.4. The third-order valence-corrected chi connectivity index (χ3v) is 5.08. The number of piperazine rings is 1. The zero-order valence-corrected chi connectivity index (χ0v) is 16.4. The fraction of sp³-hybridized carbons (Fsp3) is 0.632. The van der Waals surface area contributed by atoms with Crippen molar-refractivity contribution in [3.8, 4) is 5.75 Å². The summed E-state index contributed by atoms with van der Waals surface area (Å²) in [5, 5.41) is 3.34. The maximum absolute atomic E-state index is 12.9. The van der Waals surface area contributed by atoms with Gasteiger partial charge in [-0.05, 0) is 18.6 Å². The van der Waals surface area contributed by atoms with Crippen molar-refractivity contribution in [1.82, 2.24) is 15.1 Å². The Bertz CT molecular complexity index is 628. The summed E-state index contributed by atoms with van der Waals surface area (Å²) in [6.07, 6.45) is -4.19. The number of guanidine groups is 1. The van der Waals surface area contributed by atoms with Gasteiger partial charge in [-0.25, -0.2) is 0 Å². The molecule has 0 aliphatic carbocycles. The van der Waals surface area contributed by atoms with Crippen molar-refractivity contribution >= 4 is 5.96 Å². The third kappa shape index (κ3) is 5.51. The van der Waals surface area contributed by atoms with Crippen LogP contribution in [-0.2, 0) is 0 Å². The molecule has 0 spiro atoms. The highest BCUT2D eigenvalue weighted by Gasteiger charge is 2.41. The number of methoxy groups -OCH3 is 1. The summed E-state index contributed by atoms with van der Waals surface area (Å²) in [4.78, 5) is 7.78. The SMILES string of the molecule is CN=C(NCC(C)c1ccccc1OC)N1CCN(C(C)C(F)(F)F)CC1. The average molecular weight is 386 g/mol. The van der Waals surface area contributed by atoms with Crippen LogP contribution in [-0.4, -0.2) is 74.9 Å². The van der Waals surface area contributed by atoms with Crippen LogP contribution in [0.5, 0.6) is 5.75 Å². The number of halogens is 3. The monoisotopic (exact) mass is 386 g/mol. The minimum Gasteiger partial charge on any atom is -0.496 e. The van der Waals surface area contributed by atoms with E-state index >= 15 is 0 Å². The molecule has 0 bridgehead atoms. The molecule has 0 amide bonds. The molecule has 1 fully saturated rings. The minimum atomic E-state index is -4.19. The van der Waals surface area contributed by atoms with E-state index in [1.54, 1.807) is 14.2 Å². The number of rotatable bonds is 5. The van der Waals surface area contributed by atoms with Crippen molar-refractivity contribution < 1.29 is 17.9 Å². The second-order valence-corrected chi connectivity index (χ2v) is 6.81. The highest BCUT2D eigenvalue weighted by atomic mass is 19.4. The number of para-hydroxylation sites is 1. The van der Waals surface area contributed by atoms with Crippen molar-refractivity contribution in [2.75, 3.05) is 46.9 Å². The topological polar surface area (TPSA) is 40.1 Å². The average Bonchev–Trinajstić information content (AvgIpc) is 2.67. The van der Waals surface area contributed by atoms with Gasteiger partial charge in [-0.2, -0.15) is 13.2 Å². The van der Waals surface area contributed by atoms with E-state index in [0.29, 0.717) is 32.7 Å². The number of alkyl halides is 3. The smallest absolute Gasteiger partial charge is 0.403 e. The number of hydrogen-bond donors (Lipinski definition) is 1. The maximum atomic E-state index is 12.9. The van der Waals surface area contributed by atoms with Gasteiger partial charge in [0.15, 0.2) is 5.96 Å². The summed E-state index contributed by atoms with van der Waals surface area (Å²) in [6.45, 7) is 5.74. The lowest BCUT2D eigenvalue weighted by molar-refractivity contribution is -0.181. The van der Waals surface area contributed by atoms with E-state index in [9.17, 15) is 13.2 Å². The van der Waals surface area contributed by atoms with Gasteiger partial charge in [0, 0.05) is 45.7 Å². The van der Waals surface area contributed by atoms with E-state index in [0.717, 1.165) is 17.3 Å². The number of benzene rings is 1. The molecule has 0 radical (unpaired) electrons. The standard InChI is InChI=1S/C19H29F3N4O/c1-14(16-7-5-6-8-17(16)27-4)13-24-18(23-3)26-11-9-25(10-12-26)15(2)19(20,21)22/h5-8,14-15H,9-13H2,1-4H3,(H,23,24). The molecule has 1 aromatic rings. The van der Waals surface area contributed by atoms with Crippen LogP contribution < -0.4 is 10.1 Å². The predicted molar refractivity (Wildman–Crippen MR) is 101 cm³/mol. The molecule has 2 rings (SSSR count). The van der Waals surface area contributed by atoms with Gasteiger partial charge in [0.25, 0.3) is 0 Å². The van der Waals surface area contributed by atoms with E-state index in [2.05, 4.69) is 17.2 Å². The first-order valence-electron chi connectivity index (χ1n) is 9.17. The third-order valence-electron chi connectivity index (χ3n) is 5.08. The Balaban J connectivity index is 1.90. The van der Waals surface area contributed by atoms with Gasteiger partial charge in [0.2, 0.25) is 0 Å². The molecule has 8 heteroatoms. The van der Waals surface area contributed by atoms with E-state index in [-0.39, 0.29) is 5.92 Å². The first-order valence-corrected chi connectivity index (χ1v) is 9.17. The van der Waals surface area contributed by atoms with Gasteiger partial charge in [-0.15, -0.1) is 0 Å². The van der Waals surface area contributed by atoms with Gasteiger partial charge in [0.05, 0.1) is 7.11 Å². The van der Waals surface area contributed by atoms with Crippen molar-refractivity contribution in [3.05, 3.63) is 29.8 Å². The molecule has 1 heterocycles. The number of nitrogens with one attached hydrogen (secondary N) is 1. The molecule has 1 N–H and O–H groups in total. The molecule has 0 saturated carbocycles. The largest absolute Gasteiger partial charge is 0.496 e. The fourth-order valence-electron chi connectivity index (χ4n) is 3.29. The second-order valence-electron chi connectivity index (χ2n) is 6.81. The van der Waals surface area contributed by atoms with Gasteiger partial charge in [-0.3, -0.25) is 9.89 Å². The predicted octanol–water partition coefficient (Wildman–Crippen LogP) is 2.94. The van der Waals surface area contributed by atoms with Crippen molar-refractivity contribution in [1.29, 1.82) is 0 Å². The van der Waals surface area contributed by atoms with E-state index < -0.39 is 12.2 Å². The number of hydrogen-bond acceptors (Lipinski definition) is 3. The van der Waals surface area contributed by atoms with Crippen LogP contribution in [0, 0.1) is 0 Å². The van der Waals surface area contributed by atoms with Gasteiger partial charge >= 0.3 is 6.18 Å². The molecule has 27 heavy (non-hydrogen) atoms. The summed E-state index contributed by atoms with van der Waals surface area (Å²) in [7, 11) is 3.35. The van der Waals surface area contributed by atoms with Crippen LogP contribution in [0.25, 0.3) is 0 Å². The highest BCUT2D eigenvalue weighted by Crippen LogP contribution is 2.26. The van der Waals surface area contributed by atoms with Crippen LogP contribution in [0.15, 0.2) is 29.3 Å². The normalized spacial score (nSPS) is 18.9. The number of aliphatic imine (C=N–C) groups is 1. The summed E-state index contributed by atoms with van der Waals surface area (Å²) in [5.74, 6) is 1.76. The Morgan fingerprint density at radius 2 is 1.81 bits per heavy atom. The second kappa shape index (κ2) is 9.30. The van der Waals surface area contributed by atoms with E-state index in [1.165, 1.54) is 11.8 Å². The Hall–Kier alpha value is -1.96. The summed E-state index contributed by atoms with van der Waals surface area (Å²) < 4.78 is 44.1. The van der Waals surface area contributed by atoms with E-state index in [4.69, 9.17) is 4.74 Å². The Kier molecular flexibility index (Phi) is 7.35. The molecule has 1 aromatic carbocycles. The molecule has 152 valence electrons. The Labute approximate surface area is 159 Å². The lowest BCUT2D eigenvalue weighted by atomic mass is 10.0. The molecule has 1 saturated heterocycles. The molecule has 1 aliphatic heterocycles. The van der Waals surface area contributed by atoms with Gasteiger partial charge in [0.1, 0.15) is 11.8 Å². The quantitative estimate of drug-likeness (QED) is 0.624. The van der Waals surface area contributed by atoms with Gasteiger partial charge in [-0.1, -0.05) is 25.1 Å². The molecular weight excluding hydrogens is 357 g/mol. The molecule has 1 aliphatic rings. The van der Waals surface area contributed by atoms with Crippen LogP contribution in [0.1, 0.15) is 25.3 Å². The highest BCUT2D eigenvalue weighted by molar-refractivity contribution is 5.80. The van der Waals surface area contributed by atoms with Crippen LogP contribution in [0.4, 0.5) is 13.2 Å². The molecule has 2 unspecified atom stereocenters. The van der Waals surface area contributed by atoms with Crippen molar-refractivity contribution in [2.45, 2.75) is 32.0 Å². The van der Waals surface area contributed by atoms with Crippen molar-refractivity contribution in [2.24, 2.45) is 4.99 Å². The minimum absolute atomic E-state index is 0.199. The van der Waals surface area contributed by atoms with Crippen LogP contribution in [0.2, 0.25) is 0 Å². The summed E-state index contributed by atoms with van der Waals surface area (Å²) in [6, 6.07) is 6.46. The molecule has 2 atom stereocenters. The first-order chi connectivity index (χ1) is 12.8. The zero-order chi connectivity index (χ0) is 20.0. The first kappa shape index (κ1) is 21.3. The molecular formula is C19H29F3N4O. The Morgan fingerprint density at radius 3 is 2.37 bits per heavy atom. The Morgan fingerprint density at radius 1 is 1.19 bits per heavy atom. The fourth-order valence-corrected chi connectivity index (χ4v) is 3.29. The number of nitrogens with zero attached hydrogens (tertiary/aromatic N) is 3. The summed E-state index contributed by atoms with van der Waals surface area (Å²) >= 11 is 0. The molecule has 0 aromatic heterocycles. The summed E-state index contributed by atoms with van der Waals surface area (Å²) in [5.41, 5.74) is 1.10. The van der Waals surface area contributed by atoms with Crippen LogP contribution in [0.3, 0.4) is 0 Å². The van der Waals surface area contributed by atoms with Crippen molar-refractivity contribution in [3.63, 3.8) is 0 Å². The lowest BCUT2D eigenvalue weighted by Crippen LogP contribution is -2.57. The maximum Gasteiger partial charge on any atom is 0.403 e. The number of ether oxygens (including phenoxy) is 1. The van der Waals surface area contributed by atoms with Crippen LogP contribution >= 0.6 is 0 Å². The van der Waals surface area contributed by atoms with Gasteiger partial charge < -0.3 is 15.0 Å². The lowest BCUT2D eigenvalue weighted by Gasteiger charge is -2.39. The molecule has 5 nitrogen and oxygen atoms in total. The van der Waals surface area contributed by atoms with E-state index in [1.807, 2.05) is 29.2 Å².